The van der Waals surface area contributed by atoms with Gasteiger partial charge in [-0.3, -0.25) is 4.68 Å². The van der Waals surface area contributed by atoms with Crippen LogP contribution in [-0.4, -0.2) is 9.78 Å². The van der Waals surface area contributed by atoms with Crippen molar-refractivity contribution in [3.05, 3.63) is 32.6 Å². The molecule has 4 nitrogen and oxygen atoms in total. The lowest BCUT2D eigenvalue weighted by molar-refractivity contribution is 0.745. The van der Waals surface area contributed by atoms with Gasteiger partial charge >= 0.3 is 0 Å². The van der Waals surface area contributed by atoms with E-state index in [1.807, 2.05) is 33.0 Å². The van der Waals surface area contributed by atoms with Crippen LogP contribution in [0.5, 0.6) is 0 Å². The van der Waals surface area contributed by atoms with Crippen LogP contribution in [0.1, 0.15) is 29.1 Å². The number of halogens is 1. The molecule has 0 bridgehead atoms. The maximum absolute atomic E-state index is 9.14. The van der Waals surface area contributed by atoms with Crippen LogP contribution in [0.2, 0.25) is 4.34 Å². The van der Waals surface area contributed by atoms with Crippen molar-refractivity contribution in [3.63, 3.8) is 0 Å². The molecule has 0 spiro atoms. The molecular formula is C12H13ClN4S. The standard InChI is InChI=1S/C12H13ClN4S/c1-7-9(6-14)12(17(3)16-7)15-8(2)10-4-5-11(13)18-10/h4-5,8,15H,1-3H3. The lowest BCUT2D eigenvalue weighted by atomic mass is 10.2. The third-order valence-corrected chi connectivity index (χ3v) is 4.12. The zero-order chi connectivity index (χ0) is 13.3. The Kier molecular flexibility index (Phi) is 3.60. The van der Waals surface area contributed by atoms with Crippen LogP contribution in [0, 0.1) is 18.3 Å². The van der Waals surface area contributed by atoms with Crippen LogP contribution >= 0.6 is 22.9 Å². The van der Waals surface area contributed by atoms with Crippen molar-refractivity contribution in [2.75, 3.05) is 5.32 Å². The highest BCUT2D eigenvalue weighted by atomic mass is 35.5. The zero-order valence-corrected chi connectivity index (χ0v) is 11.9. The molecule has 6 heteroatoms. The molecular weight excluding hydrogens is 268 g/mol. The normalized spacial score (nSPS) is 12.2. The van der Waals surface area contributed by atoms with Crippen molar-refractivity contribution < 1.29 is 0 Å². The van der Waals surface area contributed by atoms with E-state index in [9.17, 15) is 0 Å². The minimum Gasteiger partial charge on any atom is -0.362 e. The zero-order valence-electron chi connectivity index (χ0n) is 10.4. The fraction of sp³-hybridized carbons (Fsp3) is 0.333. The summed E-state index contributed by atoms with van der Waals surface area (Å²) in [6.45, 7) is 3.86. The Bertz CT molecular complexity index is 608. The quantitative estimate of drug-likeness (QED) is 0.936. The molecule has 0 saturated heterocycles. The highest BCUT2D eigenvalue weighted by Gasteiger charge is 2.16. The fourth-order valence-electron chi connectivity index (χ4n) is 1.79. The first-order chi connectivity index (χ1) is 8.52. The Balaban J connectivity index is 2.27. The Labute approximate surface area is 115 Å². The van der Waals surface area contributed by atoms with Crippen LogP contribution in [-0.2, 0) is 7.05 Å². The molecule has 0 aliphatic rings. The van der Waals surface area contributed by atoms with Crippen LogP contribution in [0.15, 0.2) is 12.1 Å². The van der Waals surface area contributed by atoms with Crippen LogP contribution in [0.3, 0.4) is 0 Å². The van der Waals surface area contributed by atoms with E-state index in [1.54, 1.807) is 4.68 Å². The van der Waals surface area contributed by atoms with Gasteiger partial charge in [-0.25, -0.2) is 0 Å². The third-order valence-electron chi connectivity index (χ3n) is 2.71. The molecule has 0 aromatic carbocycles. The Morgan fingerprint density at radius 1 is 1.56 bits per heavy atom. The van der Waals surface area contributed by atoms with Crippen LogP contribution in [0.4, 0.5) is 5.82 Å². The average molecular weight is 281 g/mol. The molecule has 1 atom stereocenters. The monoisotopic (exact) mass is 280 g/mol. The van der Waals surface area contributed by atoms with Gasteiger partial charge in [0.1, 0.15) is 17.5 Å². The summed E-state index contributed by atoms with van der Waals surface area (Å²) >= 11 is 7.45. The SMILES string of the molecule is Cc1nn(C)c(NC(C)c2ccc(Cl)s2)c1C#N. The molecule has 2 aromatic rings. The molecule has 0 radical (unpaired) electrons. The van der Waals surface area contributed by atoms with E-state index in [0.717, 1.165) is 20.7 Å². The largest absolute Gasteiger partial charge is 0.362 e. The van der Waals surface area contributed by atoms with Gasteiger partial charge in [0.15, 0.2) is 0 Å². The molecule has 0 amide bonds. The van der Waals surface area contributed by atoms with E-state index < -0.39 is 0 Å². The third kappa shape index (κ3) is 2.35. The highest BCUT2D eigenvalue weighted by molar-refractivity contribution is 7.16. The van der Waals surface area contributed by atoms with Gasteiger partial charge in [-0.1, -0.05) is 11.6 Å². The summed E-state index contributed by atoms with van der Waals surface area (Å²) in [6, 6.07) is 6.13. The number of nitrogens with zero attached hydrogens (tertiary/aromatic N) is 3. The summed E-state index contributed by atoms with van der Waals surface area (Å²) in [7, 11) is 1.82. The summed E-state index contributed by atoms with van der Waals surface area (Å²) in [5, 5.41) is 16.7. The van der Waals surface area contributed by atoms with Crippen molar-refractivity contribution in [1.29, 1.82) is 5.26 Å². The molecule has 0 fully saturated rings. The first kappa shape index (κ1) is 12.9. The molecule has 1 unspecified atom stereocenters. The maximum atomic E-state index is 9.14. The number of aromatic nitrogens is 2. The summed E-state index contributed by atoms with van der Waals surface area (Å²) in [6.07, 6.45) is 0. The predicted molar refractivity (Wildman–Crippen MR) is 74.0 cm³/mol. The Hall–Kier alpha value is -1.51. The van der Waals surface area contributed by atoms with Crippen molar-refractivity contribution >= 4 is 28.8 Å². The molecule has 2 rings (SSSR count). The first-order valence-electron chi connectivity index (χ1n) is 5.48. The van der Waals surface area contributed by atoms with Gasteiger partial charge in [-0.2, -0.15) is 10.4 Å². The average Bonchev–Trinajstić information content (AvgIpc) is 2.84. The van der Waals surface area contributed by atoms with Crippen LogP contribution in [0.25, 0.3) is 0 Å². The van der Waals surface area contributed by atoms with E-state index in [1.165, 1.54) is 11.3 Å². The van der Waals surface area contributed by atoms with E-state index in [0.29, 0.717) is 5.56 Å². The van der Waals surface area contributed by atoms with Gasteiger partial charge in [0.2, 0.25) is 0 Å². The van der Waals surface area contributed by atoms with E-state index in [2.05, 4.69) is 16.5 Å². The summed E-state index contributed by atoms with van der Waals surface area (Å²) < 4.78 is 2.46. The van der Waals surface area contributed by atoms with Crippen molar-refractivity contribution in [2.24, 2.45) is 7.05 Å². The number of hydrogen-bond donors (Lipinski definition) is 1. The summed E-state index contributed by atoms with van der Waals surface area (Å²) in [5.41, 5.74) is 1.32. The molecule has 0 aliphatic carbocycles. The number of nitrogens with one attached hydrogen (secondary N) is 1. The molecule has 2 aromatic heterocycles. The van der Waals surface area contributed by atoms with Gasteiger partial charge in [0.05, 0.1) is 16.1 Å². The maximum Gasteiger partial charge on any atom is 0.142 e. The number of nitriles is 1. The number of thiophene rings is 1. The Morgan fingerprint density at radius 3 is 2.83 bits per heavy atom. The Morgan fingerprint density at radius 2 is 2.28 bits per heavy atom. The minimum atomic E-state index is 0.0874. The number of aryl methyl sites for hydroxylation is 2. The second kappa shape index (κ2) is 5.01. The summed E-state index contributed by atoms with van der Waals surface area (Å²) in [5.74, 6) is 0.743. The number of anilines is 1. The minimum absolute atomic E-state index is 0.0874. The molecule has 0 saturated carbocycles. The van der Waals surface area contributed by atoms with Gasteiger partial charge in [-0.05, 0) is 26.0 Å². The molecule has 0 aliphatic heterocycles. The van der Waals surface area contributed by atoms with Gasteiger partial charge in [-0.15, -0.1) is 11.3 Å². The second-order valence-corrected chi connectivity index (χ2v) is 5.80. The lowest BCUT2D eigenvalue weighted by Gasteiger charge is -2.13. The first-order valence-corrected chi connectivity index (χ1v) is 6.68. The second-order valence-electron chi connectivity index (χ2n) is 4.05. The fourth-order valence-corrected chi connectivity index (χ4v) is 2.86. The van der Waals surface area contributed by atoms with Gasteiger partial charge < -0.3 is 5.32 Å². The summed E-state index contributed by atoms with van der Waals surface area (Å²) in [4.78, 5) is 1.13. The smallest absolute Gasteiger partial charge is 0.142 e. The molecule has 1 N–H and O–H groups in total. The molecule has 18 heavy (non-hydrogen) atoms. The predicted octanol–water partition coefficient (Wildman–Crippen LogP) is 3.49. The van der Waals surface area contributed by atoms with Crippen molar-refractivity contribution in [3.8, 4) is 6.07 Å². The van der Waals surface area contributed by atoms with Crippen molar-refractivity contribution in [1.82, 2.24) is 9.78 Å². The molecule has 2 heterocycles. The molecule has 94 valence electrons. The van der Waals surface area contributed by atoms with E-state index in [4.69, 9.17) is 16.9 Å². The van der Waals surface area contributed by atoms with Gasteiger partial charge in [0, 0.05) is 11.9 Å². The number of rotatable bonds is 3. The topological polar surface area (TPSA) is 53.6 Å². The van der Waals surface area contributed by atoms with Crippen LogP contribution < -0.4 is 5.32 Å². The highest BCUT2D eigenvalue weighted by Crippen LogP contribution is 2.30. The van der Waals surface area contributed by atoms with E-state index >= 15 is 0 Å². The lowest BCUT2D eigenvalue weighted by Crippen LogP contribution is -2.09. The van der Waals surface area contributed by atoms with Crippen molar-refractivity contribution in [2.45, 2.75) is 19.9 Å². The van der Waals surface area contributed by atoms with Gasteiger partial charge in [0.25, 0.3) is 0 Å². The van der Waals surface area contributed by atoms with E-state index in [-0.39, 0.29) is 6.04 Å². The number of hydrogen-bond acceptors (Lipinski definition) is 4.